The van der Waals surface area contributed by atoms with E-state index in [1.165, 1.54) is 32.1 Å². The highest BCUT2D eigenvalue weighted by molar-refractivity contribution is 6.30. The van der Waals surface area contributed by atoms with Gasteiger partial charge in [0.05, 0.1) is 6.10 Å². The predicted octanol–water partition coefficient (Wildman–Crippen LogP) is 3.96. The topological polar surface area (TPSA) is 47.6 Å². The van der Waals surface area contributed by atoms with Crippen molar-refractivity contribution in [2.45, 2.75) is 57.7 Å². The van der Waals surface area contributed by atoms with E-state index in [4.69, 9.17) is 21.1 Å². The van der Waals surface area contributed by atoms with Gasteiger partial charge in [0.1, 0.15) is 5.75 Å². The lowest BCUT2D eigenvalue weighted by molar-refractivity contribution is -0.127. The fourth-order valence-electron chi connectivity index (χ4n) is 2.71. The zero-order chi connectivity index (χ0) is 16.5. The Morgan fingerprint density at radius 1 is 1.35 bits per heavy atom. The van der Waals surface area contributed by atoms with E-state index in [1.54, 1.807) is 31.2 Å². The Balaban J connectivity index is 1.58. The third kappa shape index (κ3) is 6.80. The molecule has 0 radical (unpaired) electrons. The first kappa shape index (κ1) is 18.1. The molecule has 0 spiro atoms. The van der Waals surface area contributed by atoms with E-state index < -0.39 is 6.10 Å². The Hall–Kier alpha value is -1.26. The summed E-state index contributed by atoms with van der Waals surface area (Å²) < 4.78 is 11.4. The summed E-state index contributed by atoms with van der Waals surface area (Å²) in [6, 6.07) is 7.05. The summed E-state index contributed by atoms with van der Waals surface area (Å²) in [7, 11) is 0. The van der Waals surface area contributed by atoms with Crippen LogP contribution in [0.5, 0.6) is 5.75 Å². The quantitative estimate of drug-likeness (QED) is 0.729. The van der Waals surface area contributed by atoms with Crippen molar-refractivity contribution in [3.63, 3.8) is 0 Å². The molecule has 23 heavy (non-hydrogen) atoms. The summed E-state index contributed by atoms with van der Waals surface area (Å²) in [6.45, 7) is 3.04. The number of hydrogen-bond acceptors (Lipinski definition) is 3. The first-order chi connectivity index (χ1) is 11.1. The lowest BCUT2D eigenvalue weighted by atomic mass is 9.98. The molecule has 1 amide bonds. The number of carbonyl (C=O) groups is 1. The maximum atomic E-state index is 12.0. The fourth-order valence-corrected chi connectivity index (χ4v) is 2.89. The molecular weight excluding hydrogens is 314 g/mol. The number of halogens is 1. The van der Waals surface area contributed by atoms with Crippen molar-refractivity contribution in [1.29, 1.82) is 0 Å². The van der Waals surface area contributed by atoms with E-state index in [1.807, 2.05) is 0 Å². The van der Waals surface area contributed by atoms with Crippen LogP contribution in [0.2, 0.25) is 5.02 Å². The molecular formula is C18H26ClNO3. The van der Waals surface area contributed by atoms with Gasteiger partial charge in [0.15, 0.2) is 6.10 Å². The van der Waals surface area contributed by atoms with Gasteiger partial charge in [-0.1, -0.05) is 36.9 Å². The molecule has 1 aromatic rings. The average molecular weight is 340 g/mol. The van der Waals surface area contributed by atoms with Crippen LogP contribution in [-0.2, 0) is 9.53 Å². The second-order valence-corrected chi connectivity index (χ2v) is 6.43. The second-order valence-electron chi connectivity index (χ2n) is 5.99. The van der Waals surface area contributed by atoms with Crippen LogP contribution in [-0.4, -0.2) is 31.3 Å². The zero-order valence-electron chi connectivity index (χ0n) is 13.7. The third-order valence-corrected chi connectivity index (χ3v) is 4.24. The highest BCUT2D eigenvalue weighted by Crippen LogP contribution is 2.20. The van der Waals surface area contributed by atoms with Gasteiger partial charge < -0.3 is 14.8 Å². The summed E-state index contributed by atoms with van der Waals surface area (Å²) in [4.78, 5) is 12.0. The van der Waals surface area contributed by atoms with Gasteiger partial charge in [-0.3, -0.25) is 4.79 Å². The van der Waals surface area contributed by atoms with E-state index in [9.17, 15) is 4.79 Å². The van der Waals surface area contributed by atoms with Gasteiger partial charge >= 0.3 is 0 Å². The van der Waals surface area contributed by atoms with Crippen LogP contribution in [0, 0.1) is 0 Å². The second kappa shape index (κ2) is 9.78. The summed E-state index contributed by atoms with van der Waals surface area (Å²) in [6.07, 6.45) is 6.94. The van der Waals surface area contributed by atoms with Gasteiger partial charge in [-0.05, 0) is 44.4 Å². The normalized spacial score (nSPS) is 16.8. The number of carbonyl (C=O) groups excluding carboxylic acids is 1. The SMILES string of the molecule is CC(Oc1cccc(Cl)c1)C(=O)NCCCOC1CCCCC1. The van der Waals surface area contributed by atoms with Gasteiger partial charge in [0.2, 0.25) is 0 Å². The summed E-state index contributed by atoms with van der Waals surface area (Å²) in [5, 5.41) is 3.47. The van der Waals surface area contributed by atoms with Crippen LogP contribution in [0.4, 0.5) is 0 Å². The molecule has 0 saturated heterocycles. The van der Waals surface area contributed by atoms with Crippen molar-refractivity contribution in [3.05, 3.63) is 29.3 Å². The number of hydrogen-bond donors (Lipinski definition) is 1. The Bertz CT molecular complexity index is 489. The number of rotatable bonds is 8. The lowest BCUT2D eigenvalue weighted by Crippen LogP contribution is -2.37. The van der Waals surface area contributed by atoms with Gasteiger partial charge in [0.25, 0.3) is 5.91 Å². The van der Waals surface area contributed by atoms with E-state index in [2.05, 4.69) is 5.32 Å². The molecule has 5 heteroatoms. The molecule has 1 aliphatic rings. The summed E-state index contributed by atoms with van der Waals surface area (Å²) in [5.74, 6) is 0.475. The molecule has 128 valence electrons. The Morgan fingerprint density at radius 3 is 2.87 bits per heavy atom. The van der Waals surface area contributed by atoms with Crippen molar-refractivity contribution in [2.75, 3.05) is 13.2 Å². The molecule has 1 fully saturated rings. The van der Waals surface area contributed by atoms with Crippen molar-refractivity contribution < 1.29 is 14.3 Å². The van der Waals surface area contributed by atoms with Gasteiger partial charge in [-0.2, -0.15) is 0 Å². The van der Waals surface area contributed by atoms with E-state index in [-0.39, 0.29) is 5.91 Å². The van der Waals surface area contributed by atoms with Crippen molar-refractivity contribution in [3.8, 4) is 5.75 Å². The molecule has 2 rings (SSSR count). The predicted molar refractivity (Wildman–Crippen MR) is 92.0 cm³/mol. The number of ether oxygens (including phenoxy) is 2. The van der Waals surface area contributed by atoms with Crippen molar-refractivity contribution >= 4 is 17.5 Å². The zero-order valence-corrected chi connectivity index (χ0v) is 14.5. The highest BCUT2D eigenvalue weighted by atomic mass is 35.5. The minimum absolute atomic E-state index is 0.123. The monoisotopic (exact) mass is 339 g/mol. The maximum Gasteiger partial charge on any atom is 0.260 e. The smallest absolute Gasteiger partial charge is 0.260 e. The largest absolute Gasteiger partial charge is 0.481 e. The van der Waals surface area contributed by atoms with Gasteiger partial charge in [0, 0.05) is 18.2 Å². The third-order valence-electron chi connectivity index (χ3n) is 4.00. The molecule has 4 nitrogen and oxygen atoms in total. The molecule has 0 aromatic heterocycles. The van der Waals surface area contributed by atoms with Crippen LogP contribution >= 0.6 is 11.6 Å². The Morgan fingerprint density at radius 2 is 2.13 bits per heavy atom. The first-order valence-corrected chi connectivity index (χ1v) is 8.84. The molecule has 1 aliphatic carbocycles. The fraction of sp³-hybridized carbons (Fsp3) is 0.611. The van der Waals surface area contributed by atoms with Crippen molar-refractivity contribution in [2.24, 2.45) is 0 Å². The van der Waals surface area contributed by atoms with E-state index in [0.717, 1.165) is 6.42 Å². The van der Waals surface area contributed by atoms with E-state index >= 15 is 0 Å². The molecule has 1 N–H and O–H groups in total. The van der Waals surface area contributed by atoms with Gasteiger partial charge in [-0.25, -0.2) is 0 Å². The Labute approximate surface area is 143 Å². The van der Waals surface area contributed by atoms with Crippen molar-refractivity contribution in [1.82, 2.24) is 5.32 Å². The van der Waals surface area contributed by atoms with Crippen LogP contribution in [0.1, 0.15) is 45.4 Å². The van der Waals surface area contributed by atoms with E-state index in [0.29, 0.717) is 30.0 Å². The van der Waals surface area contributed by atoms with Crippen LogP contribution in [0.15, 0.2) is 24.3 Å². The minimum atomic E-state index is -0.548. The molecule has 1 saturated carbocycles. The number of benzene rings is 1. The summed E-state index contributed by atoms with van der Waals surface area (Å²) >= 11 is 5.90. The van der Waals surface area contributed by atoms with Gasteiger partial charge in [-0.15, -0.1) is 0 Å². The molecule has 0 heterocycles. The molecule has 1 atom stereocenters. The minimum Gasteiger partial charge on any atom is -0.481 e. The molecule has 1 aromatic carbocycles. The standard InChI is InChI=1S/C18H26ClNO3/c1-14(23-17-10-5-7-15(19)13-17)18(21)20-11-6-12-22-16-8-3-2-4-9-16/h5,7,10,13-14,16H,2-4,6,8-9,11-12H2,1H3,(H,20,21). The first-order valence-electron chi connectivity index (χ1n) is 8.46. The molecule has 1 unspecified atom stereocenters. The number of amides is 1. The number of nitrogens with one attached hydrogen (secondary N) is 1. The van der Waals surface area contributed by atoms with Crippen LogP contribution in [0.3, 0.4) is 0 Å². The average Bonchev–Trinajstić information content (AvgIpc) is 2.55. The lowest BCUT2D eigenvalue weighted by Gasteiger charge is -2.22. The maximum absolute atomic E-state index is 12.0. The molecule has 0 aliphatic heterocycles. The van der Waals surface area contributed by atoms with Crippen LogP contribution < -0.4 is 10.1 Å². The van der Waals surface area contributed by atoms with Crippen LogP contribution in [0.25, 0.3) is 0 Å². The highest BCUT2D eigenvalue weighted by Gasteiger charge is 2.15. The Kier molecular flexibility index (Phi) is 7.69. The summed E-state index contributed by atoms with van der Waals surface area (Å²) in [5.41, 5.74) is 0. The molecule has 0 bridgehead atoms.